The van der Waals surface area contributed by atoms with Crippen molar-refractivity contribution in [3.63, 3.8) is 0 Å². The molecule has 0 amide bonds. The van der Waals surface area contributed by atoms with Gasteiger partial charge in [-0.15, -0.1) is 11.3 Å². The molecule has 0 bridgehead atoms. The molecule has 102 valence electrons. The number of aryl methyl sites for hydroxylation is 1. The van der Waals surface area contributed by atoms with E-state index in [4.69, 9.17) is 5.84 Å². The Labute approximate surface area is 114 Å². The van der Waals surface area contributed by atoms with E-state index in [1.807, 2.05) is 6.92 Å². The largest absolute Gasteiger partial charge is 0.297 e. The summed E-state index contributed by atoms with van der Waals surface area (Å²) in [6.45, 7) is 8.97. The highest BCUT2D eigenvalue weighted by Crippen LogP contribution is 2.26. The maximum Gasteiger partial charge on any atom is 0.0897 e. The number of aromatic nitrogens is 1. The van der Waals surface area contributed by atoms with Crippen LogP contribution in [0.15, 0.2) is 5.38 Å². The predicted molar refractivity (Wildman–Crippen MR) is 76.6 cm³/mol. The first-order valence-corrected chi connectivity index (χ1v) is 7.54. The summed E-state index contributed by atoms with van der Waals surface area (Å²) in [7, 11) is 0. The maximum atomic E-state index is 5.78. The minimum absolute atomic E-state index is 0.0722. The van der Waals surface area contributed by atoms with Crippen LogP contribution in [0.5, 0.6) is 0 Å². The number of nitrogens with one attached hydrogen (secondary N) is 1. The molecular formula is C13H24N4S. The number of likely N-dealkylation sites (tertiary alicyclic amines) is 1. The molecular weight excluding hydrogens is 244 g/mol. The average molecular weight is 268 g/mol. The summed E-state index contributed by atoms with van der Waals surface area (Å²) in [5.41, 5.74) is 4.22. The second-order valence-corrected chi connectivity index (χ2v) is 6.69. The lowest BCUT2D eigenvalue weighted by Gasteiger charge is -2.41. The molecule has 1 fully saturated rings. The summed E-state index contributed by atoms with van der Waals surface area (Å²) in [6, 6.07) is 0.233. The Balaban J connectivity index is 2.06. The minimum atomic E-state index is 0.0722. The second-order valence-electron chi connectivity index (χ2n) is 5.63. The number of hydrazine groups is 1. The van der Waals surface area contributed by atoms with E-state index in [-0.39, 0.29) is 11.6 Å². The van der Waals surface area contributed by atoms with Crippen molar-refractivity contribution in [2.45, 2.75) is 51.6 Å². The quantitative estimate of drug-likeness (QED) is 0.630. The van der Waals surface area contributed by atoms with Gasteiger partial charge in [-0.05, 0) is 46.7 Å². The van der Waals surface area contributed by atoms with Crippen molar-refractivity contribution in [2.75, 3.05) is 13.1 Å². The molecule has 3 N–H and O–H groups in total. The van der Waals surface area contributed by atoms with E-state index in [0.29, 0.717) is 0 Å². The SMILES string of the molecule is Cc1nc(CC(NN)C(C)(C)N2CCCC2)cs1. The summed E-state index contributed by atoms with van der Waals surface area (Å²) in [6.07, 6.45) is 3.50. The summed E-state index contributed by atoms with van der Waals surface area (Å²) in [4.78, 5) is 7.08. The fraction of sp³-hybridized carbons (Fsp3) is 0.769. The Bertz CT molecular complexity index is 382. The van der Waals surface area contributed by atoms with Gasteiger partial charge in [0, 0.05) is 23.4 Å². The van der Waals surface area contributed by atoms with Crippen molar-refractivity contribution >= 4 is 11.3 Å². The lowest BCUT2D eigenvalue weighted by atomic mass is 9.90. The topological polar surface area (TPSA) is 54.2 Å². The molecule has 0 aliphatic carbocycles. The molecule has 1 saturated heterocycles. The Morgan fingerprint density at radius 3 is 2.67 bits per heavy atom. The average Bonchev–Trinajstić information content (AvgIpc) is 2.96. The van der Waals surface area contributed by atoms with Crippen molar-refractivity contribution in [3.05, 3.63) is 16.1 Å². The first kappa shape index (κ1) is 13.9. The molecule has 2 rings (SSSR count). The molecule has 1 unspecified atom stereocenters. The summed E-state index contributed by atoms with van der Waals surface area (Å²) >= 11 is 1.71. The number of rotatable bonds is 5. The van der Waals surface area contributed by atoms with Crippen molar-refractivity contribution in [1.29, 1.82) is 0 Å². The standard InChI is InChI=1S/C13H24N4S/c1-10-15-11(9-18-10)8-12(16-14)13(2,3)17-6-4-5-7-17/h9,12,16H,4-8,14H2,1-3H3. The van der Waals surface area contributed by atoms with Crippen LogP contribution in [0.2, 0.25) is 0 Å². The van der Waals surface area contributed by atoms with Crippen molar-refractivity contribution in [3.8, 4) is 0 Å². The molecule has 1 aliphatic heterocycles. The fourth-order valence-corrected chi connectivity index (χ4v) is 3.36. The number of hydrogen-bond donors (Lipinski definition) is 2. The first-order chi connectivity index (χ1) is 8.54. The zero-order valence-electron chi connectivity index (χ0n) is 11.6. The van der Waals surface area contributed by atoms with E-state index in [1.165, 1.54) is 25.9 Å². The normalized spacial score (nSPS) is 19.3. The fourth-order valence-electron chi connectivity index (χ4n) is 2.74. The number of hydrogen-bond acceptors (Lipinski definition) is 5. The van der Waals surface area contributed by atoms with Gasteiger partial charge in [0.2, 0.25) is 0 Å². The number of nitrogens with two attached hydrogens (primary N) is 1. The zero-order valence-corrected chi connectivity index (χ0v) is 12.4. The van der Waals surface area contributed by atoms with Crippen LogP contribution in [0, 0.1) is 6.92 Å². The summed E-state index contributed by atoms with van der Waals surface area (Å²) in [5, 5.41) is 3.26. The Morgan fingerprint density at radius 2 is 2.17 bits per heavy atom. The van der Waals surface area contributed by atoms with Gasteiger partial charge in [0.15, 0.2) is 0 Å². The van der Waals surface area contributed by atoms with Crippen molar-refractivity contribution < 1.29 is 0 Å². The molecule has 0 saturated carbocycles. The molecule has 1 aromatic heterocycles. The van der Waals surface area contributed by atoms with Gasteiger partial charge >= 0.3 is 0 Å². The van der Waals surface area contributed by atoms with Gasteiger partial charge in [-0.25, -0.2) is 4.98 Å². The van der Waals surface area contributed by atoms with Crippen LogP contribution >= 0.6 is 11.3 Å². The monoisotopic (exact) mass is 268 g/mol. The van der Waals surface area contributed by atoms with Crippen molar-refractivity contribution in [2.24, 2.45) is 5.84 Å². The van der Waals surface area contributed by atoms with Crippen LogP contribution in [-0.2, 0) is 6.42 Å². The molecule has 1 aliphatic rings. The van der Waals surface area contributed by atoms with E-state index >= 15 is 0 Å². The van der Waals surface area contributed by atoms with Gasteiger partial charge in [0.25, 0.3) is 0 Å². The van der Waals surface area contributed by atoms with Gasteiger partial charge < -0.3 is 0 Å². The molecule has 0 radical (unpaired) electrons. The smallest absolute Gasteiger partial charge is 0.0897 e. The second kappa shape index (κ2) is 5.65. The van der Waals surface area contributed by atoms with E-state index in [0.717, 1.165) is 17.1 Å². The molecule has 2 heterocycles. The highest BCUT2D eigenvalue weighted by molar-refractivity contribution is 7.09. The minimum Gasteiger partial charge on any atom is -0.297 e. The highest BCUT2D eigenvalue weighted by atomic mass is 32.1. The number of thiazole rings is 1. The van der Waals surface area contributed by atoms with Crippen LogP contribution < -0.4 is 11.3 Å². The van der Waals surface area contributed by atoms with Crippen molar-refractivity contribution in [1.82, 2.24) is 15.3 Å². The Morgan fingerprint density at radius 1 is 1.50 bits per heavy atom. The zero-order chi connectivity index (χ0) is 13.2. The molecule has 0 aromatic carbocycles. The van der Waals surface area contributed by atoms with Gasteiger partial charge in [-0.2, -0.15) is 0 Å². The van der Waals surface area contributed by atoms with Crippen LogP contribution in [0.3, 0.4) is 0 Å². The van der Waals surface area contributed by atoms with Crippen LogP contribution in [0.4, 0.5) is 0 Å². The van der Waals surface area contributed by atoms with Crippen LogP contribution in [0.1, 0.15) is 37.4 Å². The van der Waals surface area contributed by atoms with Gasteiger partial charge in [-0.3, -0.25) is 16.2 Å². The third-order valence-corrected chi connectivity index (χ3v) is 4.88. The highest BCUT2D eigenvalue weighted by Gasteiger charge is 2.36. The van der Waals surface area contributed by atoms with E-state index in [1.54, 1.807) is 11.3 Å². The first-order valence-electron chi connectivity index (χ1n) is 6.66. The third-order valence-electron chi connectivity index (χ3n) is 4.05. The molecule has 5 heteroatoms. The molecule has 0 spiro atoms. The van der Waals surface area contributed by atoms with E-state index in [2.05, 4.69) is 34.5 Å². The summed E-state index contributed by atoms with van der Waals surface area (Å²) in [5.74, 6) is 5.78. The Kier molecular flexibility index (Phi) is 4.37. The predicted octanol–water partition coefficient (Wildman–Crippen LogP) is 1.70. The molecule has 1 atom stereocenters. The summed E-state index contributed by atoms with van der Waals surface area (Å²) < 4.78 is 0. The lowest BCUT2D eigenvalue weighted by Crippen LogP contribution is -2.59. The third kappa shape index (κ3) is 2.91. The molecule has 1 aromatic rings. The van der Waals surface area contributed by atoms with Crippen LogP contribution in [0.25, 0.3) is 0 Å². The van der Waals surface area contributed by atoms with Crippen LogP contribution in [-0.4, -0.2) is 34.6 Å². The molecule has 18 heavy (non-hydrogen) atoms. The van der Waals surface area contributed by atoms with E-state index < -0.39 is 0 Å². The van der Waals surface area contributed by atoms with Gasteiger partial charge in [-0.1, -0.05) is 0 Å². The number of nitrogens with zero attached hydrogens (tertiary/aromatic N) is 2. The maximum absolute atomic E-state index is 5.78. The molecule has 4 nitrogen and oxygen atoms in total. The van der Waals surface area contributed by atoms with Gasteiger partial charge in [0.1, 0.15) is 0 Å². The van der Waals surface area contributed by atoms with Gasteiger partial charge in [0.05, 0.1) is 10.7 Å². The van der Waals surface area contributed by atoms with E-state index in [9.17, 15) is 0 Å². The Hall–Kier alpha value is -0.490. The lowest BCUT2D eigenvalue weighted by molar-refractivity contribution is 0.106.